The minimum Gasteiger partial charge on any atom is -0.391 e. The average molecular weight is 1090 g/mol. The number of hydrogen-bond acceptors (Lipinski definition) is 12. The van der Waals surface area contributed by atoms with Crippen LogP contribution in [0.2, 0.25) is 0 Å². The van der Waals surface area contributed by atoms with Crippen molar-refractivity contribution >= 4 is 58.0 Å². The molecule has 5 amide bonds. The Bertz CT molecular complexity index is 3050. The molecule has 3 aliphatic rings. The summed E-state index contributed by atoms with van der Waals surface area (Å²) in [6, 6.07) is 10.6. The summed E-state index contributed by atoms with van der Waals surface area (Å²) >= 11 is 1.58. The Morgan fingerprint density at radius 2 is 1.55 bits per heavy atom. The normalized spacial score (nSPS) is 17.1. The molecule has 6 heterocycles. The van der Waals surface area contributed by atoms with Crippen molar-refractivity contribution in [1.82, 2.24) is 54.9 Å². The van der Waals surface area contributed by atoms with Gasteiger partial charge in [0.1, 0.15) is 17.9 Å². The molecule has 18 nitrogen and oxygen atoms in total. The third-order valence-electron chi connectivity index (χ3n) is 15.2. The molecule has 3 atom stereocenters. The fourth-order valence-electron chi connectivity index (χ4n) is 10.5. The molecule has 20 heteroatoms. The second kappa shape index (κ2) is 25.2. The number of amides is 5. The maximum atomic E-state index is 15.7. The quantitative estimate of drug-likeness (QED) is 0.0382. The summed E-state index contributed by atoms with van der Waals surface area (Å²) in [4.78, 5) is 87.1. The number of piperazine rings is 1. The number of rotatable bonds is 23. The molecule has 2 aliphatic heterocycles. The van der Waals surface area contributed by atoms with E-state index in [2.05, 4.69) is 36.1 Å². The smallest absolute Gasteiger partial charge is 0.254 e. The minimum absolute atomic E-state index is 0.0220. The molecule has 2 aromatic carbocycles. The lowest BCUT2D eigenvalue weighted by Gasteiger charge is -2.35. The lowest BCUT2D eigenvalue weighted by atomic mass is 9.85. The largest absolute Gasteiger partial charge is 0.391 e. The summed E-state index contributed by atoms with van der Waals surface area (Å²) in [5, 5.41) is 26.6. The van der Waals surface area contributed by atoms with Gasteiger partial charge in [-0.2, -0.15) is 5.10 Å². The van der Waals surface area contributed by atoms with E-state index < -0.39 is 29.4 Å². The van der Waals surface area contributed by atoms with Gasteiger partial charge < -0.3 is 35.8 Å². The first kappa shape index (κ1) is 55.7. The number of aromatic amines is 1. The number of aliphatic hydroxyl groups excluding tert-OH is 1. The fourth-order valence-corrected chi connectivity index (χ4v) is 11.3. The van der Waals surface area contributed by atoms with Gasteiger partial charge in [0, 0.05) is 88.0 Å². The van der Waals surface area contributed by atoms with Crippen molar-refractivity contribution in [2.75, 3.05) is 38.0 Å². The van der Waals surface area contributed by atoms with E-state index in [1.807, 2.05) is 73.0 Å². The molecular formula is C58H73FN12O6S. The van der Waals surface area contributed by atoms with Gasteiger partial charge in [0.05, 0.1) is 51.7 Å². The van der Waals surface area contributed by atoms with E-state index in [0.29, 0.717) is 62.8 Å². The second-order valence-electron chi connectivity index (χ2n) is 22.2. The van der Waals surface area contributed by atoms with Crippen LogP contribution >= 0.6 is 11.3 Å². The van der Waals surface area contributed by atoms with Crippen molar-refractivity contribution in [3.63, 3.8) is 0 Å². The van der Waals surface area contributed by atoms with E-state index in [1.54, 1.807) is 47.0 Å². The summed E-state index contributed by atoms with van der Waals surface area (Å²) < 4.78 is 17.6. The van der Waals surface area contributed by atoms with E-state index in [9.17, 15) is 29.1 Å². The highest BCUT2D eigenvalue weighted by Crippen LogP contribution is 2.41. The van der Waals surface area contributed by atoms with Crippen LogP contribution in [0.15, 0.2) is 72.8 Å². The van der Waals surface area contributed by atoms with Crippen molar-refractivity contribution in [3.05, 3.63) is 101 Å². The molecule has 5 N–H and O–H groups in total. The number of benzene rings is 2. The zero-order valence-electron chi connectivity index (χ0n) is 45.2. The predicted molar refractivity (Wildman–Crippen MR) is 297 cm³/mol. The summed E-state index contributed by atoms with van der Waals surface area (Å²) in [7, 11) is 0. The Morgan fingerprint density at radius 3 is 2.19 bits per heavy atom. The Balaban J connectivity index is 0.626. The van der Waals surface area contributed by atoms with Gasteiger partial charge >= 0.3 is 0 Å². The van der Waals surface area contributed by atoms with Crippen LogP contribution in [0.3, 0.4) is 0 Å². The number of unbranched alkanes of at least 4 members (excludes halogenated alkanes) is 8. The number of hydrogen-bond donors (Lipinski definition) is 5. The third-order valence-corrected chi connectivity index (χ3v) is 16.2. The lowest BCUT2D eigenvalue weighted by molar-refractivity contribution is -0.144. The molecule has 1 saturated carbocycles. The average Bonchev–Trinajstić information content (AvgIpc) is 3.87. The van der Waals surface area contributed by atoms with E-state index in [0.717, 1.165) is 103 Å². The monoisotopic (exact) mass is 1080 g/mol. The molecule has 0 radical (unpaired) electrons. The molecule has 0 spiro atoms. The van der Waals surface area contributed by atoms with Gasteiger partial charge in [0.2, 0.25) is 23.6 Å². The first-order chi connectivity index (χ1) is 37.6. The number of β-amino-alcohol motifs (C(OH)–C–C–N with tert-alkyl or cyclic N) is 1. The number of thiazole rings is 1. The molecule has 9 rings (SSSR count). The second-order valence-corrected chi connectivity index (χ2v) is 23.1. The number of aromatic nitrogens is 6. The minimum atomic E-state index is -0.864. The summed E-state index contributed by atoms with van der Waals surface area (Å²) in [5.74, 6) is -0.913. The Kier molecular flexibility index (Phi) is 18.0. The van der Waals surface area contributed by atoms with Crippen LogP contribution in [0.25, 0.3) is 27.3 Å². The summed E-state index contributed by atoms with van der Waals surface area (Å²) in [5.41, 5.74) is 7.71. The number of nitrogens with one attached hydrogen (secondary N) is 4. The third kappa shape index (κ3) is 13.8. The van der Waals surface area contributed by atoms with Crippen LogP contribution in [-0.4, -0.2) is 130 Å². The molecule has 4 aromatic heterocycles. The molecule has 0 bridgehead atoms. The number of fused-ring (bicyclic) bond motifs is 1. The van der Waals surface area contributed by atoms with Crippen molar-refractivity contribution in [2.24, 2.45) is 5.41 Å². The maximum Gasteiger partial charge on any atom is 0.254 e. The van der Waals surface area contributed by atoms with E-state index in [1.165, 1.54) is 11.0 Å². The SMILES string of the molecule is Cc1ncsc1-c1ccc(CNC(=O)[C@@H]2C[C@@H](O)CN2C(=O)[C@@H](NC(=O)CCCCCCCCCCCC(=O)N2CCN(C(=O)c3ccc(Nc4nc(C5CC5)cn5c(-c6cn[nH]c6)cnc45)c(F)c3)CC2)C(C)(C)C)cc1. The van der Waals surface area contributed by atoms with E-state index >= 15 is 4.39 Å². The first-order valence-corrected chi connectivity index (χ1v) is 28.5. The zero-order chi connectivity index (χ0) is 54.9. The van der Waals surface area contributed by atoms with Crippen LogP contribution in [0.5, 0.6) is 0 Å². The van der Waals surface area contributed by atoms with Crippen molar-refractivity contribution in [1.29, 1.82) is 0 Å². The number of likely N-dealkylation sites (tertiary alicyclic amines) is 1. The van der Waals surface area contributed by atoms with Gasteiger partial charge in [-0.3, -0.25) is 33.5 Å². The van der Waals surface area contributed by atoms with E-state index in [4.69, 9.17) is 4.98 Å². The number of H-pyrrole nitrogens is 1. The summed E-state index contributed by atoms with van der Waals surface area (Å²) in [6.07, 6.45) is 17.9. The van der Waals surface area contributed by atoms with Crippen molar-refractivity contribution in [3.8, 4) is 21.7 Å². The number of imidazole rings is 1. The molecule has 1 aliphatic carbocycles. The Morgan fingerprint density at radius 1 is 0.859 bits per heavy atom. The molecule has 6 aromatic rings. The van der Waals surface area contributed by atoms with Gasteiger partial charge in [-0.15, -0.1) is 11.3 Å². The predicted octanol–water partition coefficient (Wildman–Crippen LogP) is 8.70. The Labute approximate surface area is 459 Å². The fraction of sp³-hybridized carbons (Fsp3) is 0.500. The number of carbonyl (C=O) groups is 5. The standard InChI is InChI=1S/C58H73FN12O6S/c1-37-51(78-36-62-37)40-18-16-38(17-19-40)30-61-55(75)47-29-43(72)34-71(47)57(77)52(58(2,3)4)67-49(73)14-12-10-8-6-5-7-9-11-13-15-50(74)68-24-26-69(27-25-68)56(76)41-22-23-45(44(59)28-41)65-53-54-60-33-48(42-31-63-64-32-42)70(54)35-46(66-53)39-20-21-39/h16-19,22-23,28,31-33,35-36,39,43,47,52,72H,5-15,20-21,24-27,29-30,34H2,1-4H3,(H,61,75)(H,63,64)(H,65,66)(H,67,73)/t43-,47+,52-/m1/s1. The lowest BCUT2D eigenvalue weighted by Crippen LogP contribution is -2.57. The number of halogens is 1. The maximum absolute atomic E-state index is 15.7. The number of aliphatic hydroxyl groups is 1. The van der Waals surface area contributed by atoms with Crippen LogP contribution in [0, 0.1) is 18.2 Å². The Hall–Kier alpha value is -7.06. The van der Waals surface area contributed by atoms with Crippen molar-refractivity contribution in [2.45, 2.75) is 148 Å². The molecule has 0 unspecified atom stereocenters. The molecule has 78 heavy (non-hydrogen) atoms. The van der Waals surface area contributed by atoms with Crippen LogP contribution in [0.4, 0.5) is 15.9 Å². The van der Waals surface area contributed by atoms with Crippen molar-refractivity contribution < 1.29 is 33.5 Å². The van der Waals surface area contributed by atoms with Gasteiger partial charge in [0.25, 0.3) is 5.91 Å². The molecule has 3 fully saturated rings. The number of carbonyl (C=O) groups excluding carboxylic acids is 5. The highest BCUT2D eigenvalue weighted by molar-refractivity contribution is 7.13. The molecular weight excluding hydrogens is 1010 g/mol. The number of anilines is 2. The van der Waals surface area contributed by atoms with Crippen LogP contribution < -0.4 is 16.0 Å². The van der Waals surface area contributed by atoms with Gasteiger partial charge in [-0.1, -0.05) is 90.0 Å². The molecule has 2 saturated heterocycles. The highest BCUT2D eigenvalue weighted by atomic mass is 32.1. The summed E-state index contributed by atoms with van der Waals surface area (Å²) in [6.45, 7) is 9.55. The van der Waals surface area contributed by atoms with Gasteiger partial charge in [-0.05, 0) is 67.3 Å². The highest BCUT2D eigenvalue weighted by Gasteiger charge is 2.44. The van der Waals surface area contributed by atoms with Gasteiger partial charge in [-0.25, -0.2) is 19.3 Å². The first-order valence-electron chi connectivity index (χ1n) is 27.7. The van der Waals surface area contributed by atoms with E-state index in [-0.39, 0.29) is 60.3 Å². The zero-order valence-corrected chi connectivity index (χ0v) is 46.0. The molecule has 414 valence electrons. The topological polar surface area (TPSA) is 223 Å². The van der Waals surface area contributed by atoms with Crippen LogP contribution in [0.1, 0.15) is 144 Å². The van der Waals surface area contributed by atoms with Gasteiger partial charge in [0.15, 0.2) is 11.5 Å². The van der Waals surface area contributed by atoms with Crippen LogP contribution in [-0.2, 0) is 25.7 Å². The number of nitrogens with zero attached hydrogens (tertiary/aromatic N) is 8. The number of aryl methyl sites for hydroxylation is 1.